The number of carbonyl (C=O) groups is 1. The van der Waals surface area contributed by atoms with Crippen LogP contribution in [0.1, 0.15) is 17.4 Å². The second-order valence-electron chi connectivity index (χ2n) is 6.28. The van der Waals surface area contributed by atoms with Gasteiger partial charge in [-0.25, -0.2) is 28.1 Å². The van der Waals surface area contributed by atoms with Crippen LogP contribution >= 0.6 is 0 Å². The molecule has 0 unspecified atom stereocenters. The number of amides is 1. The number of ether oxygens (including phenoxy) is 1. The van der Waals surface area contributed by atoms with Crippen LogP contribution in [-0.4, -0.2) is 32.0 Å². The minimum Gasteiger partial charge on any atom is -0.494 e. The molecule has 1 amide bonds. The lowest BCUT2D eigenvalue weighted by atomic mass is 10.2. The lowest BCUT2D eigenvalue weighted by Crippen LogP contribution is -2.15. The first-order chi connectivity index (χ1) is 14.4. The van der Waals surface area contributed by atoms with E-state index in [0.717, 1.165) is 12.1 Å². The van der Waals surface area contributed by atoms with E-state index in [2.05, 4.69) is 15.0 Å². The van der Waals surface area contributed by atoms with Crippen molar-refractivity contribution >= 4 is 17.1 Å². The molecule has 2 aromatic carbocycles. The van der Waals surface area contributed by atoms with E-state index in [1.807, 2.05) is 6.92 Å². The highest BCUT2D eigenvalue weighted by atomic mass is 19.2. The Morgan fingerprint density at radius 3 is 2.50 bits per heavy atom. The zero-order valence-corrected chi connectivity index (χ0v) is 15.6. The van der Waals surface area contributed by atoms with Gasteiger partial charge < -0.3 is 15.5 Å². The van der Waals surface area contributed by atoms with Gasteiger partial charge in [0.2, 0.25) is 0 Å². The smallest absolute Gasteiger partial charge is 0.332 e. The summed E-state index contributed by atoms with van der Waals surface area (Å²) in [6.07, 6.45) is 0. The molecular formula is C20H15F2N5O3. The van der Waals surface area contributed by atoms with E-state index in [9.17, 15) is 18.4 Å². The molecule has 0 atom stereocenters. The van der Waals surface area contributed by atoms with Crippen molar-refractivity contribution in [1.29, 1.82) is 0 Å². The normalized spacial score (nSPS) is 11.0. The molecule has 4 aromatic rings. The maximum absolute atomic E-state index is 13.7. The highest BCUT2D eigenvalue weighted by Gasteiger charge is 2.20. The van der Waals surface area contributed by atoms with E-state index in [0.29, 0.717) is 18.0 Å². The molecule has 2 aromatic heterocycles. The topological polar surface area (TPSA) is 116 Å². The van der Waals surface area contributed by atoms with Crippen LogP contribution in [0.3, 0.4) is 0 Å². The van der Waals surface area contributed by atoms with Crippen molar-refractivity contribution < 1.29 is 18.3 Å². The summed E-state index contributed by atoms with van der Waals surface area (Å²) >= 11 is 0. The number of fused-ring (bicyclic) bond motifs is 1. The number of benzene rings is 2. The van der Waals surface area contributed by atoms with Gasteiger partial charge in [0.05, 0.1) is 12.3 Å². The second-order valence-corrected chi connectivity index (χ2v) is 6.28. The maximum Gasteiger partial charge on any atom is 0.332 e. The Labute approximate surface area is 168 Å². The standard InChI is InChI=1S/C20H15F2N5O3/c1-2-30-12-6-4-11(5-7-12)27-19-16(25-20(27)29)15(17(23)28)24-18(26-19)10-3-8-13(21)14(22)9-10/h3-9H,2H2,1H3,(H2,23,28)(H,25,29). The molecule has 0 spiro atoms. The number of halogens is 2. The largest absolute Gasteiger partial charge is 0.494 e. The lowest BCUT2D eigenvalue weighted by Gasteiger charge is -2.08. The van der Waals surface area contributed by atoms with E-state index in [1.165, 1.54) is 10.6 Å². The number of carbonyl (C=O) groups excluding carboxylic acids is 1. The van der Waals surface area contributed by atoms with Crippen LogP contribution in [0.2, 0.25) is 0 Å². The molecule has 30 heavy (non-hydrogen) atoms. The van der Waals surface area contributed by atoms with Crippen molar-refractivity contribution in [1.82, 2.24) is 19.5 Å². The molecule has 8 nitrogen and oxygen atoms in total. The summed E-state index contributed by atoms with van der Waals surface area (Å²) in [6.45, 7) is 2.33. The SMILES string of the molecule is CCOc1ccc(-n2c(=O)[nH]c3c(C(N)=O)nc(-c4ccc(F)c(F)c4)nc32)cc1. The van der Waals surface area contributed by atoms with Gasteiger partial charge in [-0.1, -0.05) is 0 Å². The number of nitrogens with zero attached hydrogens (tertiary/aromatic N) is 3. The van der Waals surface area contributed by atoms with Crippen molar-refractivity contribution in [3.63, 3.8) is 0 Å². The third-order valence-electron chi connectivity index (χ3n) is 4.35. The Hall–Kier alpha value is -4.08. The minimum absolute atomic E-state index is 0.0349. The van der Waals surface area contributed by atoms with Gasteiger partial charge in [0.25, 0.3) is 5.91 Å². The predicted octanol–water partition coefficient (Wildman–Crippen LogP) is 2.55. The van der Waals surface area contributed by atoms with E-state index >= 15 is 0 Å². The number of H-pyrrole nitrogens is 1. The molecule has 0 bridgehead atoms. The van der Waals surface area contributed by atoms with Crippen LogP contribution in [0.4, 0.5) is 8.78 Å². The number of nitrogens with one attached hydrogen (secondary N) is 1. The average molecular weight is 411 g/mol. The van der Waals surface area contributed by atoms with E-state index in [-0.39, 0.29) is 28.2 Å². The molecule has 0 aliphatic rings. The quantitative estimate of drug-likeness (QED) is 0.524. The van der Waals surface area contributed by atoms with Crippen LogP contribution in [0, 0.1) is 11.6 Å². The van der Waals surface area contributed by atoms with Gasteiger partial charge in [0, 0.05) is 5.56 Å². The van der Waals surface area contributed by atoms with Gasteiger partial charge in [0.1, 0.15) is 11.3 Å². The van der Waals surface area contributed by atoms with Crippen LogP contribution in [0.15, 0.2) is 47.3 Å². The summed E-state index contributed by atoms with van der Waals surface area (Å²) in [7, 11) is 0. The lowest BCUT2D eigenvalue weighted by molar-refractivity contribution is 0.0997. The van der Waals surface area contributed by atoms with E-state index in [1.54, 1.807) is 24.3 Å². The number of rotatable bonds is 5. The third-order valence-corrected chi connectivity index (χ3v) is 4.35. The molecule has 0 fully saturated rings. The Morgan fingerprint density at radius 1 is 1.13 bits per heavy atom. The number of primary amides is 1. The number of nitrogens with two attached hydrogens (primary N) is 1. The first-order valence-corrected chi connectivity index (χ1v) is 8.90. The fourth-order valence-corrected chi connectivity index (χ4v) is 3.03. The van der Waals surface area contributed by atoms with Crippen LogP contribution < -0.4 is 16.2 Å². The van der Waals surface area contributed by atoms with Crippen molar-refractivity contribution in [3.8, 4) is 22.8 Å². The molecule has 0 saturated carbocycles. The molecule has 10 heteroatoms. The minimum atomic E-state index is -1.10. The Balaban J connectivity index is 1.97. The second kappa shape index (κ2) is 7.39. The van der Waals surface area contributed by atoms with Crippen LogP contribution in [0.5, 0.6) is 5.75 Å². The van der Waals surface area contributed by atoms with Crippen LogP contribution in [0.25, 0.3) is 28.2 Å². The number of aromatic amines is 1. The van der Waals surface area contributed by atoms with Crippen LogP contribution in [-0.2, 0) is 0 Å². The van der Waals surface area contributed by atoms with Gasteiger partial charge in [-0.05, 0) is 49.4 Å². The Kier molecular flexibility index (Phi) is 4.74. The molecular weight excluding hydrogens is 396 g/mol. The van der Waals surface area contributed by atoms with E-state index < -0.39 is 23.2 Å². The van der Waals surface area contributed by atoms with Crippen molar-refractivity contribution in [2.45, 2.75) is 6.92 Å². The number of hydrogen-bond donors (Lipinski definition) is 2. The Morgan fingerprint density at radius 2 is 1.87 bits per heavy atom. The molecule has 0 aliphatic carbocycles. The van der Waals surface area contributed by atoms with Crippen molar-refractivity contribution in [2.24, 2.45) is 5.73 Å². The molecule has 0 radical (unpaired) electrons. The first-order valence-electron chi connectivity index (χ1n) is 8.90. The first kappa shape index (κ1) is 19.2. The number of imidazole rings is 1. The van der Waals surface area contributed by atoms with Gasteiger partial charge in [0.15, 0.2) is 28.8 Å². The summed E-state index contributed by atoms with van der Waals surface area (Å²) in [5.74, 6) is -2.53. The summed E-state index contributed by atoms with van der Waals surface area (Å²) in [6, 6.07) is 9.71. The fourth-order valence-electron chi connectivity index (χ4n) is 3.03. The number of aromatic nitrogens is 4. The Bertz CT molecular complexity index is 1330. The molecule has 0 aliphatic heterocycles. The molecule has 3 N–H and O–H groups in total. The predicted molar refractivity (Wildman–Crippen MR) is 105 cm³/mol. The number of hydrogen-bond acceptors (Lipinski definition) is 5. The summed E-state index contributed by atoms with van der Waals surface area (Å²) in [5.41, 5.74) is 5.25. The van der Waals surface area contributed by atoms with Crippen molar-refractivity contribution in [2.75, 3.05) is 6.61 Å². The summed E-state index contributed by atoms with van der Waals surface area (Å²) in [4.78, 5) is 35.4. The molecule has 152 valence electrons. The molecule has 0 saturated heterocycles. The highest BCUT2D eigenvalue weighted by Crippen LogP contribution is 2.24. The zero-order chi connectivity index (χ0) is 21.4. The third kappa shape index (κ3) is 3.28. The van der Waals surface area contributed by atoms with Gasteiger partial charge >= 0.3 is 5.69 Å². The molecule has 4 rings (SSSR count). The summed E-state index contributed by atoms with van der Waals surface area (Å²) < 4.78 is 33.6. The maximum atomic E-state index is 13.7. The zero-order valence-electron chi connectivity index (χ0n) is 15.6. The van der Waals surface area contributed by atoms with Gasteiger partial charge in [-0.3, -0.25) is 4.79 Å². The summed E-state index contributed by atoms with van der Waals surface area (Å²) in [5, 5.41) is 0. The van der Waals surface area contributed by atoms with Crippen molar-refractivity contribution in [3.05, 3.63) is 70.3 Å². The molecule has 2 heterocycles. The fraction of sp³-hybridized carbons (Fsp3) is 0.100. The highest BCUT2D eigenvalue weighted by molar-refractivity contribution is 6.02. The monoisotopic (exact) mass is 411 g/mol. The van der Waals surface area contributed by atoms with E-state index in [4.69, 9.17) is 10.5 Å². The van der Waals surface area contributed by atoms with Gasteiger partial charge in [-0.2, -0.15) is 0 Å². The van der Waals surface area contributed by atoms with Gasteiger partial charge in [-0.15, -0.1) is 0 Å². The average Bonchev–Trinajstić information content (AvgIpc) is 3.05.